The minimum absolute atomic E-state index is 0.103. The molecule has 1 aliphatic rings. The van der Waals surface area contributed by atoms with Crippen molar-refractivity contribution in [2.24, 2.45) is 0 Å². The fraction of sp³-hybridized carbons (Fsp3) is 0.267. The summed E-state index contributed by atoms with van der Waals surface area (Å²) in [5.41, 5.74) is 2.24. The molecule has 1 atom stereocenters. The SMILES string of the molecule is Cc1cc([C@@H]2CC(=O)Nc3ccccc3S2)c(C)s1. The minimum atomic E-state index is 0.103. The van der Waals surface area contributed by atoms with Gasteiger partial charge in [-0.15, -0.1) is 23.1 Å². The second-order valence-corrected chi connectivity index (χ2v) is 7.43. The molecule has 0 fully saturated rings. The van der Waals surface area contributed by atoms with Crippen molar-refractivity contribution in [2.45, 2.75) is 30.4 Å². The van der Waals surface area contributed by atoms with Crippen LogP contribution in [0.25, 0.3) is 0 Å². The van der Waals surface area contributed by atoms with Gasteiger partial charge in [-0.25, -0.2) is 0 Å². The summed E-state index contributed by atoms with van der Waals surface area (Å²) >= 11 is 3.59. The molecule has 2 heterocycles. The highest BCUT2D eigenvalue weighted by Crippen LogP contribution is 2.45. The number of benzene rings is 1. The van der Waals surface area contributed by atoms with Gasteiger partial charge in [0.15, 0.2) is 0 Å². The number of carbonyl (C=O) groups excluding carboxylic acids is 1. The molecule has 0 saturated carbocycles. The molecule has 98 valence electrons. The normalized spacial score (nSPS) is 18.6. The highest BCUT2D eigenvalue weighted by molar-refractivity contribution is 7.99. The number of thiophene rings is 1. The molecule has 1 amide bonds. The van der Waals surface area contributed by atoms with E-state index in [9.17, 15) is 4.79 Å². The summed E-state index contributed by atoms with van der Waals surface area (Å²) in [6.07, 6.45) is 0.538. The Kier molecular flexibility index (Phi) is 3.37. The lowest BCUT2D eigenvalue weighted by molar-refractivity contribution is -0.116. The van der Waals surface area contributed by atoms with Crippen molar-refractivity contribution in [3.8, 4) is 0 Å². The number of hydrogen-bond donors (Lipinski definition) is 1. The van der Waals surface area contributed by atoms with E-state index in [1.165, 1.54) is 15.3 Å². The van der Waals surface area contributed by atoms with Crippen molar-refractivity contribution in [3.05, 3.63) is 45.6 Å². The molecular weight excluding hydrogens is 274 g/mol. The van der Waals surface area contributed by atoms with Gasteiger partial charge < -0.3 is 5.32 Å². The van der Waals surface area contributed by atoms with Gasteiger partial charge in [-0.2, -0.15) is 0 Å². The van der Waals surface area contributed by atoms with Gasteiger partial charge in [0.25, 0.3) is 0 Å². The average molecular weight is 289 g/mol. The van der Waals surface area contributed by atoms with E-state index >= 15 is 0 Å². The fourth-order valence-corrected chi connectivity index (χ4v) is 4.76. The number of amides is 1. The molecule has 1 N–H and O–H groups in total. The lowest BCUT2D eigenvalue weighted by atomic mass is 10.1. The first-order valence-electron chi connectivity index (χ1n) is 6.26. The first-order valence-corrected chi connectivity index (χ1v) is 7.95. The van der Waals surface area contributed by atoms with Crippen molar-refractivity contribution in [1.82, 2.24) is 0 Å². The van der Waals surface area contributed by atoms with E-state index in [1.807, 2.05) is 29.5 Å². The maximum Gasteiger partial charge on any atom is 0.225 e. The Morgan fingerprint density at radius 3 is 2.79 bits per heavy atom. The summed E-state index contributed by atoms with van der Waals surface area (Å²) in [7, 11) is 0. The molecule has 19 heavy (non-hydrogen) atoms. The molecule has 0 unspecified atom stereocenters. The van der Waals surface area contributed by atoms with Crippen LogP contribution in [0.5, 0.6) is 0 Å². The van der Waals surface area contributed by atoms with Crippen molar-refractivity contribution >= 4 is 34.7 Å². The van der Waals surface area contributed by atoms with Crippen LogP contribution in [0.4, 0.5) is 5.69 Å². The van der Waals surface area contributed by atoms with Crippen molar-refractivity contribution in [1.29, 1.82) is 0 Å². The van der Waals surface area contributed by atoms with Gasteiger partial charge in [-0.3, -0.25) is 4.79 Å². The van der Waals surface area contributed by atoms with Gasteiger partial charge in [0.05, 0.1) is 5.69 Å². The Hall–Kier alpha value is -1.26. The molecular formula is C15H15NOS2. The summed E-state index contributed by atoms with van der Waals surface area (Å²) in [6, 6.07) is 10.2. The van der Waals surface area contributed by atoms with E-state index in [-0.39, 0.29) is 11.2 Å². The molecule has 0 radical (unpaired) electrons. The molecule has 0 aliphatic carbocycles. The molecule has 1 aromatic carbocycles. The van der Waals surface area contributed by atoms with Gasteiger partial charge in [-0.1, -0.05) is 12.1 Å². The summed E-state index contributed by atoms with van der Waals surface area (Å²) < 4.78 is 0. The van der Waals surface area contributed by atoms with Crippen molar-refractivity contribution < 1.29 is 4.79 Å². The van der Waals surface area contributed by atoms with Crippen LogP contribution in [-0.2, 0) is 4.79 Å². The third kappa shape index (κ3) is 2.55. The molecule has 2 aromatic rings. The Bertz CT molecular complexity index is 633. The number of nitrogens with one attached hydrogen (secondary N) is 1. The van der Waals surface area contributed by atoms with E-state index in [0.29, 0.717) is 6.42 Å². The molecule has 1 aliphatic heterocycles. The van der Waals surface area contributed by atoms with E-state index in [2.05, 4.69) is 31.3 Å². The van der Waals surface area contributed by atoms with Gasteiger partial charge in [-0.05, 0) is 37.6 Å². The number of carbonyl (C=O) groups is 1. The summed E-state index contributed by atoms with van der Waals surface area (Å²) in [6.45, 7) is 4.26. The van der Waals surface area contributed by atoms with Crippen LogP contribution in [0.3, 0.4) is 0 Å². The third-order valence-corrected chi connectivity index (χ3v) is 5.52. The van der Waals surface area contributed by atoms with E-state index < -0.39 is 0 Å². The van der Waals surface area contributed by atoms with Gasteiger partial charge in [0.1, 0.15) is 0 Å². The number of thioether (sulfide) groups is 1. The zero-order chi connectivity index (χ0) is 13.4. The molecule has 0 saturated heterocycles. The van der Waals surface area contributed by atoms with Crippen LogP contribution >= 0.6 is 23.1 Å². The number of anilines is 1. The van der Waals surface area contributed by atoms with Crippen molar-refractivity contribution in [3.63, 3.8) is 0 Å². The largest absolute Gasteiger partial charge is 0.325 e. The topological polar surface area (TPSA) is 29.1 Å². The zero-order valence-corrected chi connectivity index (χ0v) is 12.5. The first-order chi connectivity index (χ1) is 9.13. The summed E-state index contributed by atoms with van der Waals surface area (Å²) in [5, 5.41) is 3.21. The fourth-order valence-electron chi connectivity index (χ4n) is 2.38. The lowest BCUT2D eigenvalue weighted by Crippen LogP contribution is -2.11. The van der Waals surface area contributed by atoms with Crippen LogP contribution in [-0.4, -0.2) is 5.91 Å². The third-order valence-electron chi connectivity index (χ3n) is 3.23. The number of rotatable bonds is 1. The van der Waals surface area contributed by atoms with Crippen molar-refractivity contribution in [2.75, 3.05) is 5.32 Å². The zero-order valence-electron chi connectivity index (χ0n) is 10.9. The molecule has 3 rings (SSSR count). The molecule has 1 aromatic heterocycles. The van der Waals surface area contributed by atoms with Crippen LogP contribution in [0.15, 0.2) is 35.2 Å². The second-order valence-electron chi connectivity index (χ2n) is 4.72. The number of hydrogen-bond acceptors (Lipinski definition) is 3. The Balaban J connectivity index is 2.00. The standard InChI is InChI=1S/C15H15NOS2/c1-9-7-11(10(2)18-9)14-8-15(17)16-12-5-3-4-6-13(12)19-14/h3-7,14H,8H2,1-2H3,(H,16,17)/t14-/m0/s1. The summed E-state index contributed by atoms with van der Waals surface area (Å²) in [4.78, 5) is 15.8. The van der Waals surface area contributed by atoms with Gasteiger partial charge >= 0.3 is 0 Å². The van der Waals surface area contributed by atoms with Crippen LogP contribution in [0, 0.1) is 13.8 Å². The Labute approximate surface area is 121 Å². The predicted molar refractivity (Wildman–Crippen MR) is 82.1 cm³/mol. The van der Waals surface area contributed by atoms with E-state index in [4.69, 9.17) is 0 Å². The molecule has 0 spiro atoms. The van der Waals surface area contributed by atoms with Crippen LogP contribution in [0.2, 0.25) is 0 Å². The lowest BCUT2D eigenvalue weighted by Gasteiger charge is -2.12. The first kappa shape index (κ1) is 12.8. The predicted octanol–water partition coefficient (Wildman–Crippen LogP) is 4.54. The number of para-hydroxylation sites is 1. The van der Waals surface area contributed by atoms with Crippen LogP contribution in [0.1, 0.15) is 27.0 Å². The second kappa shape index (κ2) is 5.02. The number of fused-ring (bicyclic) bond motifs is 1. The van der Waals surface area contributed by atoms with Gasteiger partial charge in [0.2, 0.25) is 5.91 Å². The van der Waals surface area contributed by atoms with Crippen LogP contribution < -0.4 is 5.32 Å². The van der Waals surface area contributed by atoms with E-state index in [1.54, 1.807) is 11.8 Å². The van der Waals surface area contributed by atoms with Gasteiger partial charge in [0, 0.05) is 26.3 Å². The molecule has 4 heteroatoms. The molecule has 2 nitrogen and oxygen atoms in total. The number of aryl methyl sites for hydroxylation is 2. The van der Waals surface area contributed by atoms with E-state index in [0.717, 1.165) is 10.6 Å². The maximum absolute atomic E-state index is 12.0. The maximum atomic E-state index is 12.0. The summed E-state index contributed by atoms with van der Waals surface area (Å²) in [5.74, 6) is 0.103. The smallest absolute Gasteiger partial charge is 0.225 e. The highest BCUT2D eigenvalue weighted by atomic mass is 32.2. The Morgan fingerprint density at radius 2 is 2.05 bits per heavy atom. The molecule has 0 bridgehead atoms. The Morgan fingerprint density at radius 1 is 1.26 bits per heavy atom. The monoisotopic (exact) mass is 289 g/mol. The average Bonchev–Trinajstić information content (AvgIpc) is 2.60. The highest BCUT2D eigenvalue weighted by Gasteiger charge is 2.25. The minimum Gasteiger partial charge on any atom is -0.325 e. The quantitative estimate of drug-likeness (QED) is 0.835.